The molecule has 0 aliphatic heterocycles. The Labute approximate surface area is 105 Å². The van der Waals surface area contributed by atoms with Crippen molar-refractivity contribution in [3.63, 3.8) is 0 Å². The normalized spacial score (nSPS) is 10.9. The summed E-state index contributed by atoms with van der Waals surface area (Å²) in [4.78, 5) is 0. The van der Waals surface area contributed by atoms with Crippen molar-refractivity contribution in [1.29, 1.82) is 0 Å². The van der Waals surface area contributed by atoms with Crippen molar-refractivity contribution < 1.29 is 9.52 Å². The van der Waals surface area contributed by atoms with E-state index < -0.39 is 0 Å². The van der Waals surface area contributed by atoms with E-state index >= 15 is 0 Å². The van der Waals surface area contributed by atoms with Crippen molar-refractivity contribution >= 4 is 11.0 Å². The Morgan fingerprint density at radius 3 is 2.50 bits per heavy atom. The van der Waals surface area contributed by atoms with E-state index in [1.807, 2.05) is 36.4 Å². The van der Waals surface area contributed by atoms with Crippen LogP contribution in [-0.2, 0) is 6.42 Å². The molecule has 0 fully saturated rings. The van der Waals surface area contributed by atoms with Crippen molar-refractivity contribution in [2.75, 3.05) is 0 Å². The second-order valence-electron chi connectivity index (χ2n) is 4.27. The molecule has 0 saturated carbocycles. The van der Waals surface area contributed by atoms with Crippen LogP contribution in [0.5, 0.6) is 5.75 Å². The molecule has 0 aliphatic rings. The molecule has 0 spiro atoms. The number of phenolic OH excluding ortho intramolecular Hbond substituents is 1. The van der Waals surface area contributed by atoms with Crippen molar-refractivity contribution in [1.82, 2.24) is 0 Å². The fourth-order valence-corrected chi connectivity index (χ4v) is 2.34. The number of aromatic hydroxyl groups is 1. The first-order chi connectivity index (χ1) is 8.81. The summed E-state index contributed by atoms with van der Waals surface area (Å²) in [5.41, 5.74) is 2.83. The van der Waals surface area contributed by atoms with E-state index in [0.29, 0.717) is 0 Å². The van der Waals surface area contributed by atoms with Gasteiger partial charge in [0.1, 0.15) is 17.1 Å². The molecule has 3 rings (SSSR count). The van der Waals surface area contributed by atoms with Crippen molar-refractivity contribution in [3.8, 4) is 16.9 Å². The van der Waals surface area contributed by atoms with Gasteiger partial charge >= 0.3 is 0 Å². The van der Waals surface area contributed by atoms with Gasteiger partial charge in [0.2, 0.25) is 0 Å². The number of fused-ring (bicyclic) bond motifs is 1. The predicted molar refractivity (Wildman–Crippen MR) is 72.7 cm³/mol. The van der Waals surface area contributed by atoms with E-state index in [1.54, 1.807) is 12.1 Å². The Bertz CT molecular complexity index is 681. The third-order valence-electron chi connectivity index (χ3n) is 3.15. The zero-order valence-corrected chi connectivity index (χ0v) is 10.2. The van der Waals surface area contributed by atoms with Gasteiger partial charge in [-0.2, -0.15) is 0 Å². The predicted octanol–water partition coefficient (Wildman–Crippen LogP) is 4.37. The van der Waals surface area contributed by atoms with Crippen LogP contribution in [0.3, 0.4) is 0 Å². The summed E-state index contributed by atoms with van der Waals surface area (Å²) in [5.74, 6) is 1.19. The summed E-state index contributed by atoms with van der Waals surface area (Å²) >= 11 is 0. The number of aryl methyl sites for hydroxylation is 1. The van der Waals surface area contributed by atoms with Crippen LogP contribution in [0.2, 0.25) is 0 Å². The Morgan fingerprint density at radius 2 is 1.78 bits per heavy atom. The van der Waals surface area contributed by atoms with Crippen LogP contribution in [0, 0.1) is 0 Å². The highest BCUT2D eigenvalue weighted by atomic mass is 16.3. The van der Waals surface area contributed by atoms with Gasteiger partial charge in [-0.3, -0.25) is 0 Å². The lowest BCUT2D eigenvalue weighted by molar-refractivity contribution is 0.481. The lowest BCUT2D eigenvalue weighted by Gasteiger charge is -2.02. The minimum Gasteiger partial charge on any atom is -0.507 e. The number of furan rings is 1. The number of hydrogen-bond acceptors (Lipinski definition) is 2. The third-order valence-corrected chi connectivity index (χ3v) is 3.15. The largest absolute Gasteiger partial charge is 0.507 e. The van der Waals surface area contributed by atoms with Crippen LogP contribution in [0.25, 0.3) is 22.1 Å². The van der Waals surface area contributed by atoms with Gasteiger partial charge in [-0.05, 0) is 17.7 Å². The molecule has 3 aromatic rings. The summed E-state index contributed by atoms with van der Waals surface area (Å²) in [6.45, 7) is 2.06. The average molecular weight is 238 g/mol. The fourth-order valence-electron chi connectivity index (χ4n) is 2.34. The molecule has 0 aliphatic carbocycles. The minimum atomic E-state index is 0.273. The van der Waals surface area contributed by atoms with Gasteiger partial charge in [0.25, 0.3) is 0 Å². The van der Waals surface area contributed by atoms with Gasteiger partial charge in [0.05, 0.1) is 5.39 Å². The highest BCUT2D eigenvalue weighted by Gasteiger charge is 2.16. The second-order valence-corrected chi connectivity index (χ2v) is 4.27. The second kappa shape index (κ2) is 4.22. The van der Waals surface area contributed by atoms with Crippen LogP contribution >= 0.6 is 0 Å². The van der Waals surface area contributed by atoms with Gasteiger partial charge in [0, 0.05) is 12.0 Å². The van der Waals surface area contributed by atoms with E-state index in [9.17, 15) is 5.11 Å². The van der Waals surface area contributed by atoms with Gasteiger partial charge < -0.3 is 9.52 Å². The van der Waals surface area contributed by atoms with Crippen LogP contribution in [0.1, 0.15) is 12.7 Å². The highest BCUT2D eigenvalue weighted by Crippen LogP contribution is 2.39. The third kappa shape index (κ3) is 1.58. The monoisotopic (exact) mass is 238 g/mol. The molecular weight excluding hydrogens is 224 g/mol. The van der Waals surface area contributed by atoms with Gasteiger partial charge in [-0.25, -0.2) is 0 Å². The van der Waals surface area contributed by atoms with Crippen molar-refractivity contribution in [2.24, 2.45) is 0 Å². The number of rotatable bonds is 2. The lowest BCUT2D eigenvalue weighted by Crippen LogP contribution is -1.82. The van der Waals surface area contributed by atoms with Crippen LogP contribution < -0.4 is 0 Å². The topological polar surface area (TPSA) is 33.4 Å². The molecule has 0 radical (unpaired) electrons. The maximum Gasteiger partial charge on any atom is 0.138 e. The maximum absolute atomic E-state index is 10.1. The highest BCUT2D eigenvalue weighted by molar-refractivity contribution is 5.99. The Balaban J connectivity index is 2.39. The van der Waals surface area contributed by atoms with Crippen LogP contribution in [0.15, 0.2) is 52.9 Å². The Hall–Kier alpha value is -2.22. The number of phenols is 1. The summed E-state index contributed by atoms with van der Waals surface area (Å²) in [6.07, 6.45) is 0.804. The summed E-state index contributed by atoms with van der Waals surface area (Å²) in [5, 5.41) is 10.9. The summed E-state index contributed by atoms with van der Waals surface area (Å²) in [7, 11) is 0. The van der Waals surface area contributed by atoms with Crippen molar-refractivity contribution in [3.05, 3.63) is 54.3 Å². The standard InChI is InChI=1S/C16H14O2/c1-2-13-15(11-7-4-3-5-8-11)16-12(17)9-6-10-14(16)18-13/h3-10,17H,2H2,1H3. The Morgan fingerprint density at radius 1 is 1.00 bits per heavy atom. The molecule has 90 valence electrons. The molecule has 0 atom stereocenters. The minimum absolute atomic E-state index is 0.273. The fraction of sp³-hybridized carbons (Fsp3) is 0.125. The number of benzene rings is 2. The number of hydrogen-bond donors (Lipinski definition) is 1. The van der Waals surface area contributed by atoms with E-state index in [4.69, 9.17) is 4.42 Å². The molecule has 0 bridgehead atoms. The molecule has 1 aromatic heterocycles. The quantitative estimate of drug-likeness (QED) is 0.719. The molecule has 1 heterocycles. The van der Waals surface area contributed by atoms with Gasteiger partial charge in [0.15, 0.2) is 0 Å². The smallest absolute Gasteiger partial charge is 0.138 e. The molecular formula is C16H14O2. The molecule has 2 aromatic carbocycles. The first kappa shape index (κ1) is 10.9. The van der Waals surface area contributed by atoms with E-state index in [0.717, 1.165) is 34.3 Å². The SMILES string of the molecule is CCc1oc2cccc(O)c2c1-c1ccccc1. The maximum atomic E-state index is 10.1. The molecule has 1 N–H and O–H groups in total. The Kier molecular flexibility index (Phi) is 2.56. The average Bonchev–Trinajstić information content (AvgIpc) is 2.79. The molecule has 0 saturated heterocycles. The zero-order valence-electron chi connectivity index (χ0n) is 10.2. The van der Waals surface area contributed by atoms with Crippen LogP contribution in [0.4, 0.5) is 0 Å². The lowest BCUT2D eigenvalue weighted by atomic mass is 10.0. The van der Waals surface area contributed by atoms with E-state index in [2.05, 4.69) is 6.92 Å². The van der Waals surface area contributed by atoms with E-state index in [1.165, 1.54) is 0 Å². The van der Waals surface area contributed by atoms with E-state index in [-0.39, 0.29) is 5.75 Å². The van der Waals surface area contributed by atoms with Crippen molar-refractivity contribution in [2.45, 2.75) is 13.3 Å². The first-order valence-corrected chi connectivity index (χ1v) is 6.10. The molecule has 18 heavy (non-hydrogen) atoms. The van der Waals surface area contributed by atoms with Crippen LogP contribution in [-0.4, -0.2) is 5.11 Å². The summed E-state index contributed by atoms with van der Waals surface area (Å²) in [6, 6.07) is 15.4. The molecule has 2 nitrogen and oxygen atoms in total. The molecule has 2 heteroatoms. The van der Waals surface area contributed by atoms with Gasteiger partial charge in [-0.1, -0.05) is 43.3 Å². The molecule has 0 amide bonds. The zero-order chi connectivity index (χ0) is 12.5. The van der Waals surface area contributed by atoms with Gasteiger partial charge in [-0.15, -0.1) is 0 Å². The summed E-state index contributed by atoms with van der Waals surface area (Å²) < 4.78 is 5.82. The molecule has 0 unspecified atom stereocenters. The first-order valence-electron chi connectivity index (χ1n) is 6.10.